The fourth-order valence-electron chi connectivity index (χ4n) is 1.89. The summed E-state index contributed by atoms with van der Waals surface area (Å²) >= 11 is 3.38. The van der Waals surface area contributed by atoms with Crippen LogP contribution in [0.5, 0.6) is 5.75 Å². The number of nitrogens with two attached hydrogens (primary N) is 1. The van der Waals surface area contributed by atoms with E-state index in [1.807, 2.05) is 19.1 Å². The maximum Gasteiger partial charge on any atom is 0.255 e. The Balaban J connectivity index is 2.29. The van der Waals surface area contributed by atoms with Crippen molar-refractivity contribution in [1.82, 2.24) is 0 Å². The number of rotatable bonds is 3. The van der Waals surface area contributed by atoms with Gasteiger partial charge in [0.15, 0.2) is 0 Å². The zero-order valence-electron chi connectivity index (χ0n) is 11.2. The van der Waals surface area contributed by atoms with Gasteiger partial charge in [-0.3, -0.25) is 4.79 Å². The van der Waals surface area contributed by atoms with E-state index in [9.17, 15) is 4.79 Å². The molecule has 0 aliphatic heterocycles. The molecule has 0 spiro atoms. The van der Waals surface area contributed by atoms with Crippen LogP contribution in [0.1, 0.15) is 15.9 Å². The first-order valence-corrected chi connectivity index (χ1v) is 6.81. The Bertz CT molecular complexity index is 636. The number of carbonyl (C=O) groups is 1. The third-order valence-electron chi connectivity index (χ3n) is 2.78. The number of benzene rings is 2. The van der Waals surface area contributed by atoms with E-state index in [1.165, 1.54) is 0 Å². The summed E-state index contributed by atoms with van der Waals surface area (Å²) in [5.41, 5.74) is 8.42. The monoisotopic (exact) mass is 334 g/mol. The number of methoxy groups -OCH3 is 1. The molecule has 0 saturated heterocycles. The van der Waals surface area contributed by atoms with Gasteiger partial charge in [-0.2, -0.15) is 0 Å². The number of nitrogens with one attached hydrogen (secondary N) is 1. The average Bonchev–Trinajstić information content (AvgIpc) is 2.37. The lowest BCUT2D eigenvalue weighted by atomic mass is 10.1. The first-order valence-electron chi connectivity index (χ1n) is 6.01. The Hall–Kier alpha value is -2.01. The first kappa shape index (κ1) is 14.4. The first-order chi connectivity index (χ1) is 9.49. The van der Waals surface area contributed by atoms with Crippen molar-refractivity contribution in [2.75, 3.05) is 18.2 Å². The van der Waals surface area contributed by atoms with Crippen molar-refractivity contribution in [3.8, 4) is 5.75 Å². The number of anilines is 2. The van der Waals surface area contributed by atoms with Gasteiger partial charge >= 0.3 is 0 Å². The summed E-state index contributed by atoms with van der Waals surface area (Å²) in [5, 5.41) is 2.81. The molecule has 2 aromatic carbocycles. The van der Waals surface area contributed by atoms with Crippen LogP contribution in [-0.4, -0.2) is 13.0 Å². The van der Waals surface area contributed by atoms with Crippen LogP contribution in [0.3, 0.4) is 0 Å². The molecule has 0 atom stereocenters. The predicted molar refractivity (Wildman–Crippen MR) is 84.2 cm³/mol. The summed E-state index contributed by atoms with van der Waals surface area (Å²) in [6, 6.07) is 10.6. The molecule has 0 bridgehead atoms. The maximum absolute atomic E-state index is 12.3. The number of amides is 1. The van der Waals surface area contributed by atoms with Gasteiger partial charge < -0.3 is 15.8 Å². The number of hydrogen-bond acceptors (Lipinski definition) is 3. The zero-order valence-corrected chi connectivity index (χ0v) is 12.8. The fraction of sp³-hybridized carbons (Fsp3) is 0.133. The number of nitrogen functional groups attached to an aromatic ring is 1. The van der Waals surface area contributed by atoms with Crippen LogP contribution in [0.15, 0.2) is 40.9 Å². The van der Waals surface area contributed by atoms with E-state index in [4.69, 9.17) is 10.5 Å². The van der Waals surface area contributed by atoms with Gasteiger partial charge in [-0.25, -0.2) is 0 Å². The van der Waals surface area contributed by atoms with Crippen LogP contribution < -0.4 is 15.8 Å². The summed E-state index contributed by atoms with van der Waals surface area (Å²) in [7, 11) is 1.55. The highest BCUT2D eigenvalue weighted by atomic mass is 79.9. The van der Waals surface area contributed by atoms with Gasteiger partial charge in [0.05, 0.1) is 12.8 Å². The summed E-state index contributed by atoms with van der Waals surface area (Å²) in [4.78, 5) is 12.3. The Labute approximate surface area is 126 Å². The van der Waals surface area contributed by atoms with Gasteiger partial charge in [0, 0.05) is 15.7 Å². The quantitative estimate of drug-likeness (QED) is 0.843. The van der Waals surface area contributed by atoms with Gasteiger partial charge in [-0.1, -0.05) is 15.9 Å². The minimum Gasteiger partial charge on any atom is -0.495 e. The molecule has 4 nitrogen and oxygen atoms in total. The smallest absolute Gasteiger partial charge is 0.255 e. The Morgan fingerprint density at radius 1 is 1.25 bits per heavy atom. The van der Waals surface area contributed by atoms with Crippen LogP contribution >= 0.6 is 15.9 Å². The van der Waals surface area contributed by atoms with E-state index in [0.29, 0.717) is 22.7 Å². The molecule has 0 heterocycles. The van der Waals surface area contributed by atoms with Crippen molar-refractivity contribution in [3.05, 3.63) is 52.0 Å². The van der Waals surface area contributed by atoms with Gasteiger partial charge in [-0.15, -0.1) is 0 Å². The van der Waals surface area contributed by atoms with Crippen LogP contribution in [0.4, 0.5) is 11.4 Å². The molecule has 2 rings (SSSR count). The largest absolute Gasteiger partial charge is 0.495 e. The van der Waals surface area contributed by atoms with Crippen LogP contribution in [0, 0.1) is 6.92 Å². The van der Waals surface area contributed by atoms with Gasteiger partial charge in [0.2, 0.25) is 0 Å². The lowest BCUT2D eigenvalue weighted by Gasteiger charge is -2.11. The molecule has 0 aromatic heterocycles. The number of aryl methyl sites for hydroxylation is 1. The van der Waals surface area contributed by atoms with E-state index in [0.717, 1.165) is 10.0 Å². The summed E-state index contributed by atoms with van der Waals surface area (Å²) in [6.45, 7) is 1.93. The standard InChI is InChI=1S/C15H15BrN2O2/c1-9-5-10(7-11(16)6-9)15(19)18-13-8-12(17)3-4-14(13)20-2/h3-8H,17H2,1-2H3,(H,18,19). The highest BCUT2D eigenvalue weighted by molar-refractivity contribution is 9.10. The zero-order chi connectivity index (χ0) is 14.7. The van der Waals surface area contributed by atoms with Crippen LogP contribution in [-0.2, 0) is 0 Å². The van der Waals surface area contributed by atoms with Crippen LogP contribution in [0.2, 0.25) is 0 Å². The van der Waals surface area contributed by atoms with Gasteiger partial charge in [-0.05, 0) is 48.9 Å². The van der Waals surface area contributed by atoms with Crippen LogP contribution in [0.25, 0.3) is 0 Å². The molecule has 5 heteroatoms. The highest BCUT2D eigenvalue weighted by Gasteiger charge is 2.11. The molecule has 0 unspecified atom stereocenters. The molecule has 2 aromatic rings. The topological polar surface area (TPSA) is 64.3 Å². The Morgan fingerprint density at radius 3 is 2.65 bits per heavy atom. The Kier molecular flexibility index (Phi) is 4.29. The number of halogens is 1. The van der Waals surface area contributed by atoms with E-state index in [1.54, 1.807) is 31.4 Å². The van der Waals surface area contributed by atoms with Crippen molar-refractivity contribution < 1.29 is 9.53 Å². The molecular formula is C15H15BrN2O2. The molecule has 0 aliphatic carbocycles. The highest BCUT2D eigenvalue weighted by Crippen LogP contribution is 2.27. The molecule has 3 N–H and O–H groups in total. The van der Waals surface area contributed by atoms with Crippen molar-refractivity contribution in [1.29, 1.82) is 0 Å². The fourth-order valence-corrected chi connectivity index (χ4v) is 2.49. The second kappa shape index (κ2) is 5.96. The van der Waals surface area contributed by atoms with Crippen molar-refractivity contribution in [2.45, 2.75) is 6.92 Å². The summed E-state index contributed by atoms with van der Waals surface area (Å²) in [5.74, 6) is 0.359. The van der Waals surface area contributed by atoms with Crippen molar-refractivity contribution >= 4 is 33.2 Å². The van der Waals surface area contributed by atoms with E-state index in [-0.39, 0.29) is 5.91 Å². The second-order valence-corrected chi connectivity index (χ2v) is 5.35. The summed E-state index contributed by atoms with van der Waals surface area (Å²) in [6.07, 6.45) is 0. The third-order valence-corrected chi connectivity index (χ3v) is 3.23. The Morgan fingerprint density at radius 2 is 2.00 bits per heavy atom. The lowest BCUT2D eigenvalue weighted by Crippen LogP contribution is -2.13. The number of carbonyl (C=O) groups excluding carboxylic acids is 1. The molecule has 0 saturated carbocycles. The second-order valence-electron chi connectivity index (χ2n) is 4.43. The lowest BCUT2D eigenvalue weighted by molar-refractivity contribution is 0.102. The minimum absolute atomic E-state index is 0.210. The van der Waals surface area contributed by atoms with E-state index in [2.05, 4.69) is 21.2 Å². The predicted octanol–water partition coefficient (Wildman–Crippen LogP) is 3.60. The number of ether oxygens (including phenoxy) is 1. The third kappa shape index (κ3) is 3.30. The van der Waals surface area contributed by atoms with Gasteiger partial charge in [0.25, 0.3) is 5.91 Å². The molecule has 0 fully saturated rings. The molecular weight excluding hydrogens is 320 g/mol. The molecule has 0 radical (unpaired) electrons. The maximum atomic E-state index is 12.3. The number of hydrogen-bond donors (Lipinski definition) is 2. The normalized spacial score (nSPS) is 10.2. The SMILES string of the molecule is COc1ccc(N)cc1NC(=O)c1cc(C)cc(Br)c1. The molecule has 20 heavy (non-hydrogen) atoms. The molecule has 1 amide bonds. The summed E-state index contributed by atoms with van der Waals surface area (Å²) < 4.78 is 6.07. The average molecular weight is 335 g/mol. The van der Waals surface area contributed by atoms with Crippen molar-refractivity contribution in [3.63, 3.8) is 0 Å². The minimum atomic E-state index is -0.210. The molecule has 0 aliphatic rings. The van der Waals surface area contributed by atoms with Gasteiger partial charge in [0.1, 0.15) is 5.75 Å². The van der Waals surface area contributed by atoms with E-state index < -0.39 is 0 Å². The molecule has 104 valence electrons. The van der Waals surface area contributed by atoms with E-state index >= 15 is 0 Å². The van der Waals surface area contributed by atoms with Crippen molar-refractivity contribution in [2.24, 2.45) is 0 Å².